The number of hydrogen-bond acceptors (Lipinski definition) is 4. The van der Waals surface area contributed by atoms with Gasteiger partial charge in [-0.3, -0.25) is 10.3 Å². The maximum absolute atomic E-state index is 12.1. The zero-order chi connectivity index (χ0) is 17.0. The van der Waals surface area contributed by atoms with Gasteiger partial charge >= 0.3 is 6.03 Å². The Labute approximate surface area is 142 Å². The monoisotopic (exact) mass is 328 g/mol. The number of pyridine rings is 1. The van der Waals surface area contributed by atoms with Gasteiger partial charge in [-0.05, 0) is 37.8 Å². The van der Waals surface area contributed by atoms with Crippen LogP contribution in [0.5, 0.6) is 0 Å². The van der Waals surface area contributed by atoms with E-state index in [2.05, 4.69) is 27.7 Å². The lowest BCUT2D eigenvalue weighted by Crippen LogP contribution is -2.37. The van der Waals surface area contributed by atoms with Gasteiger partial charge in [-0.1, -0.05) is 31.0 Å². The van der Waals surface area contributed by atoms with Crippen molar-refractivity contribution in [3.05, 3.63) is 41.9 Å². The summed E-state index contributed by atoms with van der Waals surface area (Å²) >= 11 is 0. The normalized spacial score (nSPS) is 17.4. The first-order valence-corrected chi connectivity index (χ1v) is 8.49. The summed E-state index contributed by atoms with van der Waals surface area (Å²) in [6, 6.07) is 5.45. The van der Waals surface area contributed by atoms with E-state index in [1.165, 1.54) is 12.8 Å². The molecule has 0 aromatic carbocycles. The first-order valence-electron chi connectivity index (χ1n) is 8.49. The number of hydrogen-bond donors (Lipinski definition) is 2. The van der Waals surface area contributed by atoms with Crippen LogP contribution in [0.1, 0.15) is 50.9 Å². The van der Waals surface area contributed by atoms with Gasteiger partial charge in [0.1, 0.15) is 5.76 Å². The highest BCUT2D eigenvalue weighted by molar-refractivity contribution is 5.88. The molecule has 6 nitrogen and oxygen atoms in total. The molecule has 24 heavy (non-hydrogen) atoms. The molecule has 2 aromatic rings. The van der Waals surface area contributed by atoms with Crippen LogP contribution in [0.25, 0.3) is 0 Å². The maximum atomic E-state index is 12.1. The summed E-state index contributed by atoms with van der Waals surface area (Å²) in [5.74, 6) is 1.32. The van der Waals surface area contributed by atoms with E-state index in [0.717, 1.165) is 30.6 Å². The molecule has 0 radical (unpaired) electrons. The van der Waals surface area contributed by atoms with Crippen LogP contribution in [0.2, 0.25) is 0 Å². The van der Waals surface area contributed by atoms with Gasteiger partial charge in [-0.2, -0.15) is 0 Å². The lowest BCUT2D eigenvalue weighted by Gasteiger charge is -2.18. The number of aromatic nitrogens is 2. The van der Waals surface area contributed by atoms with Crippen LogP contribution in [0.4, 0.5) is 10.6 Å². The molecule has 2 amide bonds. The van der Waals surface area contributed by atoms with Crippen LogP contribution in [-0.4, -0.2) is 22.2 Å². The van der Waals surface area contributed by atoms with E-state index in [1.807, 2.05) is 31.3 Å². The van der Waals surface area contributed by atoms with Crippen LogP contribution in [0.3, 0.4) is 0 Å². The predicted molar refractivity (Wildman–Crippen MR) is 91.9 cm³/mol. The lowest BCUT2D eigenvalue weighted by molar-refractivity contribution is 0.249. The van der Waals surface area contributed by atoms with Crippen LogP contribution < -0.4 is 10.6 Å². The number of carbonyl (C=O) groups is 1. The summed E-state index contributed by atoms with van der Waals surface area (Å²) in [6.45, 7) is 4.15. The molecular formula is C18H24N4O2. The second-order valence-electron chi connectivity index (χ2n) is 6.91. The average molecular weight is 328 g/mol. The summed E-state index contributed by atoms with van der Waals surface area (Å²) in [4.78, 5) is 16.2. The van der Waals surface area contributed by atoms with E-state index in [0.29, 0.717) is 5.82 Å². The molecule has 1 unspecified atom stereocenters. The van der Waals surface area contributed by atoms with E-state index in [-0.39, 0.29) is 17.5 Å². The Hall–Kier alpha value is -2.37. The molecular weight excluding hydrogens is 304 g/mol. The fourth-order valence-electron chi connectivity index (χ4n) is 3.32. The smallest absolute Gasteiger partial charge is 0.320 e. The number of anilines is 1. The van der Waals surface area contributed by atoms with E-state index in [9.17, 15) is 4.79 Å². The SMILES string of the molecule is CC(Cc1cccnc1)NC(=O)Nc1cc(C2(C)CCCC2)on1. The summed E-state index contributed by atoms with van der Waals surface area (Å²) in [6.07, 6.45) is 8.91. The van der Waals surface area contributed by atoms with Crippen molar-refractivity contribution in [1.29, 1.82) is 0 Å². The van der Waals surface area contributed by atoms with Gasteiger partial charge in [-0.15, -0.1) is 0 Å². The van der Waals surface area contributed by atoms with Crippen molar-refractivity contribution < 1.29 is 9.32 Å². The Kier molecular flexibility index (Phi) is 4.83. The highest BCUT2D eigenvalue weighted by Gasteiger charge is 2.34. The first kappa shape index (κ1) is 16.5. The Morgan fingerprint density at radius 3 is 2.92 bits per heavy atom. The van der Waals surface area contributed by atoms with Gasteiger partial charge in [0.15, 0.2) is 5.82 Å². The number of amides is 2. The molecule has 1 atom stereocenters. The minimum Gasteiger partial charge on any atom is -0.359 e. The Balaban J connectivity index is 1.52. The quantitative estimate of drug-likeness (QED) is 0.878. The van der Waals surface area contributed by atoms with Crippen molar-refractivity contribution in [2.24, 2.45) is 0 Å². The minimum atomic E-state index is -0.275. The Morgan fingerprint density at radius 2 is 2.21 bits per heavy atom. The minimum absolute atomic E-state index is 0.00655. The van der Waals surface area contributed by atoms with Crippen molar-refractivity contribution in [2.75, 3.05) is 5.32 Å². The fraction of sp³-hybridized carbons (Fsp3) is 0.500. The largest absolute Gasteiger partial charge is 0.359 e. The molecule has 2 heterocycles. The number of rotatable bonds is 5. The third-order valence-electron chi connectivity index (χ3n) is 4.70. The third-order valence-corrected chi connectivity index (χ3v) is 4.70. The van der Waals surface area contributed by atoms with Crippen molar-refractivity contribution in [3.63, 3.8) is 0 Å². The van der Waals surface area contributed by atoms with Gasteiger partial charge in [0.2, 0.25) is 0 Å². The molecule has 0 aliphatic heterocycles. The molecule has 0 bridgehead atoms. The van der Waals surface area contributed by atoms with Gasteiger partial charge in [0, 0.05) is 29.9 Å². The molecule has 6 heteroatoms. The second kappa shape index (κ2) is 7.03. The molecule has 0 saturated heterocycles. The summed E-state index contributed by atoms with van der Waals surface area (Å²) < 4.78 is 5.45. The molecule has 2 aromatic heterocycles. The van der Waals surface area contributed by atoms with Gasteiger partial charge in [0.25, 0.3) is 0 Å². The molecule has 1 aliphatic rings. The molecule has 3 rings (SSSR count). The number of nitrogens with zero attached hydrogens (tertiary/aromatic N) is 2. The third kappa shape index (κ3) is 3.93. The molecule has 0 spiro atoms. The molecule has 2 N–H and O–H groups in total. The second-order valence-corrected chi connectivity index (χ2v) is 6.91. The van der Waals surface area contributed by atoms with E-state index >= 15 is 0 Å². The van der Waals surface area contributed by atoms with E-state index < -0.39 is 0 Å². The number of nitrogens with one attached hydrogen (secondary N) is 2. The van der Waals surface area contributed by atoms with Crippen LogP contribution >= 0.6 is 0 Å². The molecule has 128 valence electrons. The van der Waals surface area contributed by atoms with Crippen molar-refractivity contribution in [1.82, 2.24) is 15.5 Å². The highest BCUT2D eigenvalue weighted by Crippen LogP contribution is 2.41. The van der Waals surface area contributed by atoms with Crippen molar-refractivity contribution >= 4 is 11.8 Å². The molecule has 1 aliphatic carbocycles. The van der Waals surface area contributed by atoms with E-state index in [4.69, 9.17) is 4.52 Å². The van der Waals surface area contributed by atoms with Crippen LogP contribution in [-0.2, 0) is 11.8 Å². The lowest BCUT2D eigenvalue weighted by atomic mass is 9.86. The number of urea groups is 1. The van der Waals surface area contributed by atoms with Gasteiger partial charge < -0.3 is 9.84 Å². The van der Waals surface area contributed by atoms with Gasteiger partial charge in [0.05, 0.1) is 0 Å². The zero-order valence-corrected chi connectivity index (χ0v) is 14.2. The Bertz CT molecular complexity index is 677. The summed E-state index contributed by atoms with van der Waals surface area (Å²) in [7, 11) is 0. The maximum Gasteiger partial charge on any atom is 0.320 e. The first-order chi connectivity index (χ1) is 11.5. The summed E-state index contributed by atoms with van der Waals surface area (Å²) in [5, 5.41) is 9.64. The zero-order valence-electron chi connectivity index (χ0n) is 14.2. The Morgan fingerprint density at radius 1 is 1.42 bits per heavy atom. The van der Waals surface area contributed by atoms with Crippen molar-refractivity contribution in [3.8, 4) is 0 Å². The average Bonchev–Trinajstić information content (AvgIpc) is 3.18. The van der Waals surface area contributed by atoms with Crippen LogP contribution in [0, 0.1) is 0 Å². The molecule has 1 fully saturated rings. The highest BCUT2D eigenvalue weighted by atomic mass is 16.5. The van der Waals surface area contributed by atoms with Crippen molar-refractivity contribution in [2.45, 2.75) is 57.4 Å². The standard InChI is InChI=1S/C18H24N4O2/c1-13(10-14-6-5-9-19-12-14)20-17(23)21-16-11-15(24-22-16)18(2)7-3-4-8-18/h5-6,9,11-13H,3-4,7-8,10H2,1-2H3,(H2,20,21,22,23). The predicted octanol–water partition coefficient (Wildman–Crippen LogP) is 3.65. The fourth-order valence-corrected chi connectivity index (χ4v) is 3.32. The number of carbonyl (C=O) groups excluding carboxylic acids is 1. The van der Waals surface area contributed by atoms with Crippen LogP contribution in [0.15, 0.2) is 35.1 Å². The topological polar surface area (TPSA) is 80.0 Å². The summed E-state index contributed by atoms with van der Waals surface area (Å²) in [5.41, 5.74) is 1.14. The van der Waals surface area contributed by atoms with E-state index in [1.54, 1.807) is 6.20 Å². The molecule has 1 saturated carbocycles. The van der Waals surface area contributed by atoms with Gasteiger partial charge in [-0.25, -0.2) is 4.79 Å².